The van der Waals surface area contributed by atoms with E-state index in [1.807, 2.05) is 0 Å². The third-order valence-electron chi connectivity index (χ3n) is 1.99. The summed E-state index contributed by atoms with van der Waals surface area (Å²) in [5.41, 5.74) is 0.470. The van der Waals surface area contributed by atoms with Crippen LogP contribution >= 0.6 is 31.9 Å². The molecule has 0 aromatic heterocycles. The van der Waals surface area contributed by atoms with Crippen LogP contribution in [0.15, 0.2) is 27.1 Å². The summed E-state index contributed by atoms with van der Waals surface area (Å²) in [6.45, 7) is -0.681. The van der Waals surface area contributed by atoms with E-state index in [-0.39, 0.29) is 0 Å². The summed E-state index contributed by atoms with van der Waals surface area (Å²) < 4.78 is 1.28. The van der Waals surface area contributed by atoms with Gasteiger partial charge in [-0.15, -0.1) is 0 Å². The second-order valence-electron chi connectivity index (χ2n) is 3.27. The zero-order chi connectivity index (χ0) is 13.7. The Hall–Kier alpha value is -1.12. The molecule has 0 aliphatic heterocycles. The lowest BCUT2D eigenvalue weighted by molar-refractivity contribution is -0.140. The van der Waals surface area contributed by atoms with Crippen LogP contribution in [0, 0.1) is 0 Å². The number of benzene rings is 1. The average Bonchev–Trinajstić information content (AvgIpc) is 2.30. The third kappa shape index (κ3) is 3.97. The summed E-state index contributed by atoms with van der Waals surface area (Å²) in [6.07, 6.45) is 0. The van der Waals surface area contributed by atoms with Crippen LogP contribution in [0.25, 0.3) is 0 Å². The quantitative estimate of drug-likeness (QED) is 0.638. The van der Waals surface area contributed by atoms with E-state index in [1.54, 1.807) is 18.2 Å². The summed E-state index contributed by atoms with van der Waals surface area (Å²) in [7, 11) is 0. The molecule has 98 valence electrons. The summed E-state index contributed by atoms with van der Waals surface area (Å²) in [5.74, 6) is -1.31. The molecular formula is C10H10Br2N2O4. The van der Waals surface area contributed by atoms with Crippen LogP contribution in [0.2, 0.25) is 0 Å². The van der Waals surface area contributed by atoms with E-state index in [2.05, 4.69) is 42.5 Å². The van der Waals surface area contributed by atoms with Gasteiger partial charge >= 0.3 is 12.0 Å². The van der Waals surface area contributed by atoms with Crippen molar-refractivity contribution in [2.24, 2.45) is 0 Å². The predicted molar refractivity (Wildman–Crippen MR) is 72.5 cm³/mol. The predicted octanol–water partition coefficient (Wildman–Crippen LogP) is 1.78. The molecule has 0 heterocycles. The van der Waals surface area contributed by atoms with E-state index in [4.69, 9.17) is 10.2 Å². The lowest BCUT2D eigenvalue weighted by Crippen LogP contribution is -2.45. The molecule has 4 N–H and O–H groups in total. The lowest BCUT2D eigenvalue weighted by Gasteiger charge is -2.14. The van der Waals surface area contributed by atoms with Gasteiger partial charge in [-0.1, -0.05) is 6.07 Å². The maximum absolute atomic E-state index is 11.6. The molecule has 0 bridgehead atoms. The number of halogens is 2. The first-order valence-corrected chi connectivity index (χ1v) is 6.39. The largest absolute Gasteiger partial charge is 0.480 e. The van der Waals surface area contributed by atoms with Gasteiger partial charge in [0.15, 0.2) is 6.04 Å². The topological polar surface area (TPSA) is 98.7 Å². The molecule has 1 rings (SSSR count). The lowest BCUT2D eigenvalue weighted by atomic mass is 10.3. The number of carbonyl (C=O) groups is 2. The Morgan fingerprint density at radius 2 is 1.83 bits per heavy atom. The van der Waals surface area contributed by atoms with Gasteiger partial charge in [0.05, 0.1) is 12.3 Å². The number of aliphatic hydroxyl groups is 1. The molecule has 0 spiro atoms. The van der Waals surface area contributed by atoms with Crippen molar-refractivity contribution in [3.8, 4) is 0 Å². The summed E-state index contributed by atoms with van der Waals surface area (Å²) >= 11 is 6.50. The summed E-state index contributed by atoms with van der Waals surface area (Å²) in [4.78, 5) is 22.2. The van der Waals surface area contributed by atoms with Crippen molar-refractivity contribution >= 4 is 49.5 Å². The molecule has 6 nitrogen and oxygen atoms in total. The fourth-order valence-electron chi connectivity index (χ4n) is 1.11. The van der Waals surface area contributed by atoms with Crippen molar-refractivity contribution in [3.05, 3.63) is 27.1 Å². The van der Waals surface area contributed by atoms with Crippen molar-refractivity contribution in [2.45, 2.75) is 6.04 Å². The molecule has 8 heteroatoms. The molecule has 0 radical (unpaired) electrons. The molecule has 0 aliphatic carbocycles. The first-order valence-electron chi connectivity index (χ1n) is 4.81. The third-order valence-corrected chi connectivity index (χ3v) is 3.31. The van der Waals surface area contributed by atoms with Crippen LogP contribution in [0.4, 0.5) is 10.5 Å². The number of carbonyl (C=O) groups excluding carboxylic acids is 1. The van der Waals surface area contributed by atoms with Crippen LogP contribution in [-0.4, -0.2) is 34.9 Å². The Morgan fingerprint density at radius 3 is 2.28 bits per heavy atom. The van der Waals surface area contributed by atoms with Gasteiger partial charge in [-0.3, -0.25) is 0 Å². The minimum atomic E-state index is -1.34. The Morgan fingerprint density at radius 1 is 1.28 bits per heavy atom. The zero-order valence-corrected chi connectivity index (χ0v) is 12.2. The van der Waals surface area contributed by atoms with Gasteiger partial charge < -0.3 is 20.8 Å². The number of anilines is 1. The van der Waals surface area contributed by atoms with Gasteiger partial charge in [0, 0.05) is 8.95 Å². The van der Waals surface area contributed by atoms with Crippen LogP contribution in [0.3, 0.4) is 0 Å². The van der Waals surface area contributed by atoms with E-state index < -0.39 is 24.6 Å². The van der Waals surface area contributed by atoms with Crippen molar-refractivity contribution in [2.75, 3.05) is 11.9 Å². The minimum Gasteiger partial charge on any atom is -0.480 e. The van der Waals surface area contributed by atoms with E-state index in [0.29, 0.717) is 14.6 Å². The standard InChI is InChI=1S/C10H10Br2N2O4/c11-5-2-1-3-6(12)8(5)14-10(18)13-7(4-15)9(16)17/h1-3,7,15H,4H2,(H,16,17)(H2,13,14,18)/t7-/m1/s1. The number of aliphatic carboxylic acids is 1. The highest BCUT2D eigenvalue weighted by Crippen LogP contribution is 2.30. The number of amides is 2. The number of nitrogens with one attached hydrogen (secondary N) is 2. The first-order chi connectivity index (χ1) is 8.45. The summed E-state index contributed by atoms with van der Waals surface area (Å²) in [5, 5.41) is 22.1. The van der Waals surface area contributed by atoms with Gasteiger partial charge in [0.25, 0.3) is 0 Å². The fraction of sp³-hybridized carbons (Fsp3) is 0.200. The molecule has 0 unspecified atom stereocenters. The Bertz CT molecular complexity index is 447. The fourth-order valence-corrected chi connectivity index (χ4v) is 2.31. The highest BCUT2D eigenvalue weighted by atomic mass is 79.9. The Labute approximate surface area is 120 Å². The molecule has 0 saturated heterocycles. The monoisotopic (exact) mass is 380 g/mol. The molecule has 0 aliphatic rings. The van der Waals surface area contributed by atoms with Crippen LogP contribution in [0.5, 0.6) is 0 Å². The molecular weight excluding hydrogens is 372 g/mol. The number of para-hydroxylation sites is 1. The van der Waals surface area contributed by atoms with Crippen LogP contribution in [0.1, 0.15) is 0 Å². The smallest absolute Gasteiger partial charge is 0.328 e. The maximum Gasteiger partial charge on any atom is 0.328 e. The van der Waals surface area contributed by atoms with E-state index in [0.717, 1.165) is 0 Å². The highest BCUT2D eigenvalue weighted by molar-refractivity contribution is 9.11. The second kappa shape index (κ2) is 6.72. The van der Waals surface area contributed by atoms with E-state index >= 15 is 0 Å². The molecule has 1 aromatic carbocycles. The maximum atomic E-state index is 11.6. The van der Waals surface area contributed by atoms with E-state index in [9.17, 15) is 9.59 Å². The number of hydrogen-bond acceptors (Lipinski definition) is 3. The van der Waals surface area contributed by atoms with E-state index in [1.165, 1.54) is 0 Å². The molecule has 18 heavy (non-hydrogen) atoms. The summed E-state index contributed by atoms with van der Waals surface area (Å²) in [6, 6.07) is 3.16. The minimum absolute atomic E-state index is 0.470. The average molecular weight is 382 g/mol. The van der Waals surface area contributed by atoms with Gasteiger partial charge in [0.1, 0.15) is 0 Å². The molecule has 1 aromatic rings. The molecule has 2 amide bonds. The number of aliphatic hydroxyl groups excluding tert-OH is 1. The van der Waals surface area contributed by atoms with Crippen molar-refractivity contribution in [3.63, 3.8) is 0 Å². The van der Waals surface area contributed by atoms with Crippen LogP contribution in [-0.2, 0) is 4.79 Å². The number of urea groups is 1. The van der Waals surface area contributed by atoms with Crippen molar-refractivity contribution < 1.29 is 19.8 Å². The number of carboxylic acids is 1. The van der Waals surface area contributed by atoms with Gasteiger partial charge in [0.2, 0.25) is 0 Å². The number of carboxylic acid groups (broad SMARTS) is 1. The Kier molecular flexibility index (Phi) is 5.57. The SMILES string of the molecule is O=C(Nc1c(Br)cccc1Br)N[C@H](CO)C(=O)O. The number of hydrogen-bond donors (Lipinski definition) is 4. The van der Waals surface area contributed by atoms with Gasteiger partial charge in [-0.05, 0) is 44.0 Å². The van der Waals surface area contributed by atoms with Gasteiger partial charge in [-0.2, -0.15) is 0 Å². The zero-order valence-electron chi connectivity index (χ0n) is 8.98. The van der Waals surface area contributed by atoms with Crippen LogP contribution < -0.4 is 10.6 Å². The normalized spacial score (nSPS) is 11.7. The van der Waals surface area contributed by atoms with Gasteiger partial charge in [-0.25, -0.2) is 9.59 Å². The molecule has 1 atom stereocenters. The highest BCUT2D eigenvalue weighted by Gasteiger charge is 2.19. The van der Waals surface area contributed by atoms with Crippen molar-refractivity contribution in [1.82, 2.24) is 5.32 Å². The number of rotatable bonds is 4. The van der Waals surface area contributed by atoms with Crippen molar-refractivity contribution in [1.29, 1.82) is 0 Å². The molecule has 0 saturated carbocycles. The molecule has 0 fully saturated rings. The Balaban J connectivity index is 2.73. The second-order valence-corrected chi connectivity index (χ2v) is 4.98. The first kappa shape index (κ1) is 14.9.